The first-order valence-electron chi connectivity index (χ1n) is 8.40. The van der Waals surface area contributed by atoms with Crippen LogP contribution in [0.4, 0.5) is 5.82 Å². The van der Waals surface area contributed by atoms with E-state index in [4.69, 9.17) is 0 Å². The number of hydrogen-bond acceptors (Lipinski definition) is 3. The number of nitrogens with one attached hydrogen (secondary N) is 2. The quantitative estimate of drug-likeness (QED) is 0.894. The number of aryl methyl sites for hydroxylation is 1. The summed E-state index contributed by atoms with van der Waals surface area (Å²) in [5, 5.41) is 5.00. The van der Waals surface area contributed by atoms with Gasteiger partial charge in [0.25, 0.3) is 0 Å². The fourth-order valence-electron chi connectivity index (χ4n) is 4.62. The molecule has 0 aliphatic heterocycles. The van der Waals surface area contributed by atoms with Crippen LogP contribution in [0.25, 0.3) is 11.0 Å². The third-order valence-electron chi connectivity index (χ3n) is 5.75. The zero-order chi connectivity index (χ0) is 14.3. The molecule has 2 N–H and O–H groups in total. The van der Waals surface area contributed by atoms with E-state index >= 15 is 0 Å². The minimum absolute atomic E-state index is 0.542. The van der Waals surface area contributed by atoms with Crippen molar-refractivity contribution in [2.75, 3.05) is 5.32 Å². The zero-order valence-corrected chi connectivity index (χ0v) is 12.8. The van der Waals surface area contributed by atoms with Gasteiger partial charge < -0.3 is 10.3 Å². The van der Waals surface area contributed by atoms with E-state index in [0.717, 1.165) is 17.9 Å². The Morgan fingerprint density at radius 3 is 2.86 bits per heavy atom. The topological polar surface area (TPSA) is 53.6 Å². The molecule has 2 aliphatic rings. The molecule has 112 valence electrons. The summed E-state index contributed by atoms with van der Waals surface area (Å²) in [5.41, 5.74) is 2.81. The van der Waals surface area contributed by atoms with Crippen LogP contribution in [-0.4, -0.2) is 21.0 Å². The van der Waals surface area contributed by atoms with Gasteiger partial charge in [-0.25, -0.2) is 9.97 Å². The molecule has 1 spiro atoms. The summed E-state index contributed by atoms with van der Waals surface area (Å²) in [6.07, 6.45) is 14.4. The van der Waals surface area contributed by atoms with Crippen molar-refractivity contribution in [2.45, 2.75) is 64.3 Å². The average molecular weight is 284 g/mol. The van der Waals surface area contributed by atoms with Crippen molar-refractivity contribution in [2.24, 2.45) is 5.41 Å². The molecule has 4 rings (SSSR count). The van der Waals surface area contributed by atoms with Gasteiger partial charge >= 0.3 is 0 Å². The highest BCUT2D eigenvalue weighted by molar-refractivity contribution is 5.90. The van der Waals surface area contributed by atoms with Gasteiger partial charge in [0.1, 0.15) is 17.8 Å². The maximum Gasteiger partial charge on any atom is 0.143 e. The molecular weight excluding hydrogens is 260 g/mol. The number of aromatic nitrogens is 3. The Labute approximate surface area is 125 Å². The molecule has 2 heterocycles. The summed E-state index contributed by atoms with van der Waals surface area (Å²) in [5.74, 6) is 1.04. The Kier molecular flexibility index (Phi) is 3.12. The van der Waals surface area contributed by atoms with Crippen LogP contribution in [0, 0.1) is 5.41 Å². The van der Waals surface area contributed by atoms with E-state index < -0.39 is 0 Å². The smallest absolute Gasteiger partial charge is 0.143 e. The number of hydrogen-bond donors (Lipinski definition) is 2. The van der Waals surface area contributed by atoms with E-state index in [0.29, 0.717) is 11.5 Å². The van der Waals surface area contributed by atoms with Gasteiger partial charge in [-0.1, -0.05) is 26.2 Å². The zero-order valence-electron chi connectivity index (χ0n) is 12.8. The number of rotatable bonds is 3. The summed E-state index contributed by atoms with van der Waals surface area (Å²) in [6, 6.07) is 0.595. The largest absolute Gasteiger partial charge is 0.366 e. The van der Waals surface area contributed by atoms with Gasteiger partial charge in [0.15, 0.2) is 0 Å². The molecule has 0 aromatic carbocycles. The van der Waals surface area contributed by atoms with Gasteiger partial charge in [0.05, 0.1) is 5.39 Å². The molecule has 1 unspecified atom stereocenters. The van der Waals surface area contributed by atoms with Crippen LogP contribution in [0.3, 0.4) is 0 Å². The highest BCUT2D eigenvalue weighted by atomic mass is 15.1. The minimum Gasteiger partial charge on any atom is -0.366 e. The van der Waals surface area contributed by atoms with Crippen molar-refractivity contribution < 1.29 is 0 Å². The minimum atomic E-state index is 0.542. The van der Waals surface area contributed by atoms with Crippen LogP contribution in [0.2, 0.25) is 0 Å². The maximum absolute atomic E-state index is 4.56. The Bertz CT molecular complexity index is 634. The average Bonchev–Trinajstić information content (AvgIpc) is 3.22. The summed E-state index contributed by atoms with van der Waals surface area (Å²) in [7, 11) is 0. The number of anilines is 1. The van der Waals surface area contributed by atoms with Gasteiger partial charge in [-0.15, -0.1) is 0 Å². The van der Waals surface area contributed by atoms with Crippen molar-refractivity contribution in [1.29, 1.82) is 0 Å². The van der Waals surface area contributed by atoms with E-state index in [-0.39, 0.29) is 0 Å². The molecular formula is C17H24N4. The fourth-order valence-corrected chi connectivity index (χ4v) is 4.62. The van der Waals surface area contributed by atoms with Gasteiger partial charge in [0, 0.05) is 12.2 Å². The lowest BCUT2D eigenvalue weighted by Gasteiger charge is -2.32. The first-order chi connectivity index (χ1) is 10.3. The highest BCUT2D eigenvalue weighted by Gasteiger charge is 2.44. The number of nitrogens with zero attached hydrogens (tertiary/aromatic N) is 2. The molecule has 2 aliphatic carbocycles. The lowest BCUT2D eigenvalue weighted by molar-refractivity contribution is 0.283. The predicted octanol–water partition coefficient (Wildman–Crippen LogP) is 4.05. The first-order valence-corrected chi connectivity index (χ1v) is 8.40. The normalized spacial score (nSPS) is 24.1. The van der Waals surface area contributed by atoms with Crippen molar-refractivity contribution >= 4 is 16.9 Å². The summed E-state index contributed by atoms with van der Waals surface area (Å²) in [6.45, 7) is 2.19. The predicted molar refractivity (Wildman–Crippen MR) is 85.4 cm³/mol. The molecule has 2 saturated carbocycles. The first kappa shape index (κ1) is 13.1. The third-order valence-corrected chi connectivity index (χ3v) is 5.75. The Morgan fingerprint density at radius 2 is 2.05 bits per heavy atom. The van der Waals surface area contributed by atoms with Crippen LogP contribution in [0.5, 0.6) is 0 Å². The Hall–Kier alpha value is -1.58. The molecule has 1 atom stereocenters. The van der Waals surface area contributed by atoms with Gasteiger partial charge in [0.2, 0.25) is 0 Å². The fraction of sp³-hybridized carbons (Fsp3) is 0.647. The van der Waals surface area contributed by atoms with Crippen molar-refractivity contribution in [3.05, 3.63) is 18.1 Å². The van der Waals surface area contributed by atoms with Crippen LogP contribution >= 0.6 is 0 Å². The maximum atomic E-state index is 4.56. The third kappa shape index (κ3) is 2.03. The Morgan fingerprint density at radius 1 is 1.24 bits per heavy atom. The summed E-state index contributed by atoms with van der Waals surface area (Å²) < 4.78 is 0. The lowest BCUT2D eigenvalue weighted by Crippen LogP contribution is -2.34. The van der Waals surface area contributed by atoms with Crippen LogP contribution in [0.15, 0.2) is 12.5 Å². The standard InChI is InChI=1S/C17H24N4/c1-2-12-10-18-15-14(12)16(20-11-19-15)21-13-6-5-9-17(13)7-3-4-8-17/h10-11,13H,2-9H2,1H3,(H2,18,19,20,21). The van der Waals surface area contributed by atoms with E-state index in [9.17, 15) is 0 Å². The van der Waals surface area contributed by atoms with Gasteiger partial charge in [-0.3, -0.25) is 0 Å². The van der Waals surface area contributed by atoms with E-state index in [1.165, 1.54) is 55.9 Å². The second kappa shape index (κ2) is 5.00. The van der Waals surface area contributed by atoms with Crippen molar-refractivity contribution in [3.8, 4) is 0 Å². The van der Waals surface area contributed by atoms with Crippen LogP contribution in [-0.2, 0) is 6.42 Å². The summed E-state index contributed by atoms with van der Waals surface area (Å²) in [4.78, 5) is 12.2. The number of fused-ring (bicyclic) bond motifs is 1. The molecule has 2 aromatic heterocycles. The molecule has 4 nitrogen and oxygen atoms in total. The molecule has 0 saturated heterocycles. The van der Waals surface area contributed by atoms with Crippen molar-refractivity contribution in [3.63, 3.8) is 0 Å². The second-order valence-corrected chi connectivity index (χ2v) is 6.77. The monoisotopic (exact) mass is 284 g/mol. The van der Waals surface area contributed by atoms with E-state index in [1.54, 1.807) is 6.33 Å². The molecule has 0 bridgehead atoms. The van der Waals surface area contributed by atoms with Crippen LogP contribution < -0.4 is 5.32 Å². The van der Waals surface area contributed by atoms with Crippen molar-refractivity contribution in [1.82, 2.24) is 15.0 Å². The molecule has 0 amide bonds. The summed E-state index contributed by atoms with van der Waals surface area (Å²) >= 11 is 0. The van der Waals surface area contributed by atoms with Crippen LogP contribution in [0.1, 0.15) is 57.4 Å². The second-order valence-electron chi connectivity index (χ2n) is 6.77. The molecule has 4 heteroatoms. The van der Waals surface area contributed by atoms with Gasteiger partial charge in [-0.05, 0) is 43.1 Å². The number of H-pyrrole nitrogens is 1. The Balaban J connectivity index is 1.69. The number of aromatic amines is 1. The molecule has 0 radical (unpaired) electrons. The molecule has 2 aromatic rings. The SMILES string of the molecule is CCc1c[nH]c2ncnc(NC3CCCC34CCCC4)c12. The highest BCUT2D eigenvalue weighted by Crippen LogP contribution is 2.51. The van der Waals surface area contributed by atoms with E-state index in [2.05, 4.69) is 33.4 Å². The van der Waals surface area contributed by atoms with E-state index in [1.807, 2.05) is 0 Å². The molecule has 21 heavy (non-hydrogen) atoms. The van der Waals surface area contributed by atoms with Gasteiger partial charge in [-0.2, -0.15) is 0 Å². The molecule has 2 fully saturated rings. The lowest BCUT2D eigenvalue weighted by atomic mass is 9.81.